The lowest BCUT2D eigenvalue weighted by atomic mass is 9.52. The van der Waals surface area contributed by atoms with Crippen molar-refractivity contribution in [2.75, 3.05) is 0 Å². The lowest BCUT2D eigenvalue weighted by Gasteiger charge is -2.66. The minimum absolute atomic E-state index is 0.125. The Morgan fingerprint density at radius 3 is 2.52 bits per heavy atom. The summed E-state index contributed by atoms with van der Waals surface area (Å²) in [4.78, 5) is 13.1. The molecule has 0 aromatic heterocycles. The minimum atomic E-state index is -0.624. The topological polar surface area (TPSA) is 43.8 Å². The highest BCUT2D eigenvalue weighted by Crippen LogP contribution is 2.58. The second kappa shape index (κ2) is 5.68. The first kappa shape index (κ1) is 17.9. The molecule has 27 heavy (non-hydrogen) atoms. The van der Waals surface area contributed by atoms with Gasteiger partial charge in [0, 0.05) is 11.6 Å². The Bertz CT molecular complexity index is 797. The number of benzene rings is 1. The number of nitrogens with zero attached hydrogens (tertiary/aromatic N) is 2. The van der Waals surface area contributed by atoms with Crippen molar-refractivity contribution in [1.29, 1.82) is 0 Å². The Kier molecular flexibility index (Phi) is 3.76. The van der Waals surface area contributed by atoms with Gasteiger partial charge in [-0.1, -0.05) is 11.6 Å². The van der Waals surface area contributed by atoms with Gasteiger partial charge >= 0.3 is 0 Å². The second-order valence-corrected chi connectivity index (χ2v) is 10.1. The first-order valence-corrected chi connectivity index (χ1v) is 10.3. The van der Waals surface area contributed by atoms with Crippen LogP contribution in [0.15, 0.2) is 18.2 Å². The van der Waals surface area contributed by atoms with E-state index < -0.39 is 11.1 Å². The summed E-state index contributed by atoms with van der Waals surface area (Å²) >= 11 is 6.29. The van der Waals surface area contributed by atoms with Gasteiger partial charge in [-0.15, -0.1) is 0 Å². The van der Waals surface area contributed by atoms with Gasteiger partial charge in [0.25, 0.3) is 5.91 Å². The zero-order chi connectivity index (χ0) is 19.1. The monoisotopic (exact) mass is 392 g/mol. The Hall–Kier alpha value is -1.17. The smallest absolute Gasteiger partial charge is 0.258 e. The van der Waals surface area contributed by atoms with Crippen LogP contribution in [0.25, 0.3) is 0 Å². The molecule has 1 amide bonds. The lowest BCUT2D eigenvalue weighted by Crippen LogP contribution is -2.79. The molecule has 4 aliphatic carbocycles. The fraction of sp³-hybridized carbons (Fsp3) is 0.667. The van der Waals surface area contributed by atoms with Crippen LogP contribution in [0, 0.1) is 23.6 Å². The predicted molar refractivity (Wildman–Crippen MR) is 100 cm³/mol. The van der Waals surface area contributed by atoms with Gasteiger partial charge in [0.05, 0.1) is 11.6 Å². The Morgan fingerprint density at radius 2 is 1.89 bits per heavy atom. The molecule has 6 rings (SSSR count). The summed E-state index contributed by atoms with van der Waals surface area (Å²) in [7, 11) is 0. The first-order chi connectivity index (χ1) is 12.7. The molecule has 4 saturated carbocycles. The molecule has 1 aliphatic heterocycles. The number of carbonyl (C=O) groups excluding carboxylic acids is 1. The van der Waals surface area contributed by atoms with E-state index in [1.807, 2.05) is 18.9 Å². The third-order valence-electron chi connectivity index (χ3n) is 7.44. The number of amides is 1. The van der Waals surface area contributed by atoms with E-state index in [-0.39, 0.29) is 17.8 Å². The lowest BCUT2D eigenvalue weighted by molar-refractivity contribution is -0.262. The minimum Gasteiger partial charge on any atom is -0.390 e. The normalized spacial score (nSPS) is 39.7. The number of carbonyl (C=O) groups is 1. The van der Waals surface area contributed by atoms with Crippen LogP contribution in [0.2, 0.25) is 5.02 Å². The summed E-state index contributed by atoms with van der Waals surface area (Å²) in [6.45, 7) is 4.25. The van der Waals surface area contributed by atoms with Gasteiger partial charge in [0.15, 0.2) is 0 Å². The molecule has 5 fully saturated rings. The highest BCUT2D eigenvalue weighted by Gasteiger charge is 2.63. The van der Waals surface area contributed by atoms with E-state index in [1.54, 1.807) is 6.07 Å². The van der Waals surface area contributed by atoms with E-state index >= 15 is 0 Å². The SMILES string of the molecule is CC1(C)C(=O)N([C@H]2C3CC4CC2C[C@](O)(C4)C3)N1Cc1cc(F)ccc1Cl. The van der Waals surface area contributed by atoms with Crippen molar-refractivity contribution in [3.63, 3.8) is 0 Å². The molecule has 1 aromatic rings. The summed E-state index contributed by atoms with van der Waals surface area (Å²) in [6, 6.07) is 4.53. The average Bonchev–Trinajstić information content (AvgIpc) is 2.57. The summed E-state index contributed by atoms with van der Waals surface area (Å²) in [5.41, 5.74) is -0.446. The van der Waals surface area contributed by atoms with Crippen molar-refractivity contribution < 1.29 is 14.3 Å². The van der Waals surface area contributed by atoms with Gasteiger partial charge in [-0.05, 0) is 87.5 Å². The van der Waals surface area contributed by atoms with E-state index in [0.29, 0.717) is 34.9 Å². The molecule has 5 aliphatic rings. The summed E-state index contributed by atoms with van der Waals surface area (Å²) in [6.07, 6.45) is 4.71. The van der Waals surface area contributed by atoms with E-state index in [1.165, 1.54) is 12.1 Å². The van der Waals surface area contributed by atoms with E-state index in [0.717, 1.165) is 32.1 Å². The van der Waals surface area contributed by atoms with Crippen molar-refractivity contribution in [3.8, 4) is 0 Å². The maximum Gasteiger partial charge on any atom is 0.258 e. The van der Waals surface area contributed by atoms with Gasteiger partial charge in [-0.2, -0.15) is 5.01 Å². The highest BCUT2D eigenvalue weighted by atomic mass is 35.5. The van der Waals surface area contributed by atoms with Crippen LogP contribution in [0.1, 0.15) is 51.5 Å². The van der Waals surface area contributed by atoms with Crippen LogP contribution >= 0.6 is 11.6 Å². The second-order valence-electron chi connectivity index (χ2n) is 9.69. The van der Waals surface area contributed by atoms with Gasteiger partial charge in [0.1, 0.15) is 11.4 Å². The summed E-state index contributed by atoms with van der Waals surface area (Å²) in [5, 5.41) is 15.4. The molecule has 0 spiro atoms. The number of halogens is 2. The van der Waals surface area contributed by atoms with Crippen LogP contribution in [-0.4, -0.2) is 38.2 Å². The summed E-state index contributed by atoms with van der Waals surface area (Å²) in [5.74, 6) is 1.11. The van der Waals surface area contributed by atoms with Crippen molar-refractivity contribution in [1.82, 2.24) is 10.0 Å². The highest BCUT2D eigenvalue weighted by molar-refractivity contribution is 6.31. The number of rotatable bonds is 3. The van der Waals surface area contributed by atoms with E-state index in [9.17, 15) is 14.3 Å². The largest absolute Gasteiger partial charge is 0.390 e. The quantitative estimate of drug-likeness (QED) is 0.851. The molecule has 146 valence electrons. The molecule has 6 heteroatoms. The van der Waals surface area contributed by atoms with Crippen LogP contribution in [0.3, 0.4) is 0 Å². The third kappa shape index (κ3) is 2.58. The molecule has 2 atom stereocenters. The molecule has 1 heterocycles. The average molecular weight is 393 g/mol. The van der Waals surface area contributed by atoms with Crippen molar-refractivity contribution in [2.24, 2.45) is 17.8 Å². The Balaban J connectivity index is 1.45. The number of hydrogen-bond donors (Lipinski definition) is 1. The number of hydrogen-bond acceptors (Lipinski definition) is 3. The Morgan fingerprint density at radius 1 is 1.22 bits per heavy atom. The van der Waals surface area contributed by atoms with Crippen molar-refractivity contribution in [3.05, 3.63) is 34.6 Å². The maximum absolute atomic E-state index is 13.7. The number of aliphatic hydroxyl groups is 1. The zero-order valence-electron chi connectivity index (χ0n) is 15.8. The zero-order valence-corrected chi connectivity index (χ0v) is 16.5. The van der Waals surface area contributed by atoms with Crippen molar-refractivity contribution in [2.45, 2.75) is 69.7 Å². The van der Waals surface area contributed by atoms with Gasteiger partial charge < -0.3 is 5.11 Å². The molecule has 1 aromatic carbocycles. The maximum atomic E-state index is 13.7. The molecule has 4 bridgehead atoms. The van der Waals surface area contributed by atoms with Crippen LogP contribution in [-0.2, 0) is 11.3 Å². The van der Waals surface area contributed by atoms with Gasteiger partial charge in [0.2, 0.25) is 0 Å². The standard InChI is InChI=1S/C21H26ClFN2O2/c1-20(2)19(26)25(24(20)11-15-7-16(23)3-4-17(15)22)18-13-5-12-6-14(18)10-21(27,8-12)9-13/h3-4,7,12-14,18,27H,5-6,8-11H2,1-2H3/t12?,13?,14?,18-,21-. The van der Waals surface area contributed by atoms with Crippen LogP contribution < -0.4 is 0 Å². The van der Waals surface area contributed by atoms with E-state index in [2.05, 4.69) is 5.01 Å². The molecule has 0 radical (unpaired) electrons. The molecular formula is C21H26ClFN2O2. The number of hydrazine groups is 1. The van der Waals surface area contributed by atoms with Gasteiger partial charge in [-0.25, -0.2) is 4.39 Å². The molecule has 4 nitrogen and oxygen atoms in total. The summed E-state index contributed by atoms with van der Waals surface area (Å²) < 4.78 is 13.7. The van der Waals surface area contributed by atoms with Crippen molar-refractivity contribution >= 4 is 17.5 Å². The molecular weight excluding hydrogens is 367 g/mol. The fourth-order valence-corrected chi connectivity index (χ4v) is 6.65. The van der Waals surface area contributed by atoms with Crippen LogP contribution in [0.4, 0.5) is 4.39 Å². The van der Waals surface area contributed by atoms with Crippen LogP contribution in [0.5, 0.6) is 0 Å². The predicted octanol–water partition coefficient (Wildman–Crippen LogP) is 3.76. The van der Waals surface area contributed by atoms with E-state index in [4.69, 9.17) is 11.6 Å². The molecule has 1 saturated heterocycles. The van der Waals surface area contributed by atoms with Gasteiger partial charge in [-0.3, -0.25) is 9.80 Å². The fourth-order valence-electron chi connectivity index (χ4n) is 6.47. The Labute approximate surface area is 164 Å². The molecule has 2 unspecified atom stereocenters. The molecule has 1 N–H and O–H groups in total. The third-order valence-corrected chi connectivity index (χ3v) is 7.81. The first-order valence-electron chi connectivity index (χ1n) is 9.95.